The zero-order valence-corrected chi connectivity index (χ0v) is 20.7. The lowest BCUT2D eigenvalue weighted by Crippen LogP contribution is -2.45. The third-order valence-electron chi connectivity index (χ3n) is 6.06. The standard InChI is InChI=1S/C29H30N2O2S/c1-21(2)31(29(33)26-14-13-24-11-7-8-12-25(24)17-26)20-28(32)30(18-23-9-5-4-6-10-23)19-27-22(3)15-16-34-27/h4-17,21H,18-20H2,1-3H3. The van der Waals surface area contributed by atoms with Crippen molar-refractivity contribution in [3.8, 4) is 0 Å². The molecule has 1 heterocycles. The normalized spacial score (nSPS) is 11.1. The second kappa shape index (κ2) is 10.7. The Hall–Kier alpha value is -3.44. The lowest BCUT2D eigenvalue weighted by molar-refractivity contribution is -0.133. The Balaban J connectivity index is 1.57. The second-order valence-corrected chi connectivity index (χ2v) is 9.85. The van der Waals surface area contributed by atoms with Crippen molar-refractivity contribution in [3.63, 3.8) is 0 Å². The molecule has 0 radical (unpaired) electrons. The van der Waals surface area contributed by atoms with Crippen LogP contribution in [0.1, 0.15) is 40.2 Å². The summed E-state index contributed by atoms with van der Waals surface area (Å²) >= 11 is 1.66. The highest BCUT2D eigenvalue weighted by molar-refractivity contribution is 7.10. The van der Waals surface area contributed by atoms with Gasteiger partial charge in [-0.1, -0.05) is 60.7 Å². The van der Waals surface area contributed by atoms with E-state index in [1.54, 1.807) is 16.2 Å². The van der Waals surface area contributed by atoms with Crippen LogP contribution in [0.25, 0.3) is 10.8 Å². The van der Waals surface area contributed by atoms with Crippen LogP contribution in [0.2, 0.25) is 0 Å². The molecule has 3 aromatic carbocycles. The van der Waals surface area contributed by atoms with Gasteiger partial charge in [-0.2, -0.15) is 0 Å². The molecule has 0 aliphatic heterocycles. The SMILES string of the molecule is Cc1ccsc1CN(Cc1ccccc1)C(=O)CN(C(=O)c1ccc2ccccc2c1)C(C)C. The summed E-state index contributed by atoms with van der Waals surface area (Å²) in [7, 11) is 0. The van der Waals surface area contributed by atoms with Gasteiger partial charge in [-0.15, -0.1) is 11.3 Å². The first-order valence-electron chi connectivity index (χ1n) is 11.6. The van der Waals surface area contributed by atoms with Crippen molar-refractivity contribution in [2.24, 2.45) is 0 Å². The number of aryl methyl sites for hydroxylation is 1. The number of amides is 2. The van der Waals surface area contributed by atoms with Crippen LogP contribution in [0.15, 0.2) is 84.2 Å². The Bertz CT molecular complexity index is 1280. The summed E-state index contributed by atoms with van der Waals surface area (Å²) in [6, 6.07) is 25.7. The van der Waals surface area contributed by atoms with Crippen molar-refractivity contribution in [1.82, 2.24) is 9.80 Å². The van der Waals surface area contributed by atoms with Gasteiger partial charge in [-0.3, -0.25) is 9.59 Å². The third-order valence-corrected chi connectivity index (χ3v) is 7.07. The first-order chi connectivity index (χ1) is 16.4. The minimum Gasteiger partial charge on any atom is -0.332 e. The van der Waals surface area contributed by atoms with Gasteiger partial charge in [0.05, 0.1) is 6.54 Å². The summed E-state index contributed by atoms with van der Waals surface area (Å²) in [6.07, 6.45) is 0. The Morgan fingerprint density at radius 1 is 0.853 bits per heavy atom. The maximum atomic E-state index is 13.6. The fourth-order valence-electron chi connectivity index (χ4n) is 4.00. The largest absolute Gasteiger partial charge is 0.332 e. The molecule has 174 valence electrons. The molecule has 0 saturated carbocycles. The molecule has 2 amide bonds. The van der Waals surface area contributed by atoms with Crippen LogP contribution in [-0.2, 0) is 17.9 Å². The van der Waals surface area contributed by atoms with Crippen LogP contribution in [0, 0.1) is 6.92 Å². The summed E-state index contributed by atoms with van der Waals surface area (Å²) in [6.45, 7) is 7.07. The number of benzene rings is 3. The van der Waals surface area contributed by atoms with Crippen molar-refractivity contribution in [1.29, 1.82) is 0 Å². The van der Waals surface area contributed by atoms with E-state index in [1.807, 2.05) is 91.5 Å². The Labute approximate surface area is 205 Å². The van der Waals surface area contributed by atoms with E-state index in [0.29, 0.717) is 18.7 Å². The van der Waals surface area contributed by atoms with E-state index in [9.17, 15) is 9.59 Å². The number of hydrogen-bond donors (Lipinski definition) is 0. The van der Waals surface area contributed by atoms with Gasteiger partial charge in [0, 0.05) is 23.0 Å². The minimum absolute atomic E-state index is 0.0422. The van der Waals surface area contributed by atoms with Gasteiger partial charge < -0.3 is 9.80 Å². The highest BCUT2D eigenvalue weighted by atomic mass is 32.1. The van der Waals surface area contributed by atoms with Crippen LogP contribution in [0.3, 0.4) is 0 Å². The van der Waals surface area contributed by atoms with Gasteiger partial charge >= 0.3 is 0 Å². The average Bonchev–Trinajstić information content (AvgIpc) is 3.25. The van der Waals surface area contributed by atoms with Gasteiger partial charge in [0.25, 0.3) is 5.91 Å². The highest BCUT2D eigenvalue weighted by Crippen LogP contribution is 2.21. The molecule has 0 spiro atoms. The molecular weight excluding hydrogens is 440 g/mol. The smallest absolute Gasteiger partial charge is 0.254 e. The lowest BCUT2D eigenvalue weighted by atomic mass is 10.1. The summed E-state index contributed by atoms with van der Waals surface area (Å²) in [5.74, 6) is -0.180. The van der Waals surface area contributed by atoms with Crippen LogP contribution in [-0.4, -0.2) is 34.2 Å². The average molecular weight is 471 g/mol. The van der Waals surface area contributed by atoms with E-state index in [0.717, 1.165) is 16.3 Å². The van der Waals surface area contributed by atoms with Gasteiger partial charge in [0.2, 0.25) is 5.91 Å². The number of carbonyl (C=O) groups excluding carboxylic acids is 2. The molecule has 0 aliphatic carbocycles. The molecule has 4 nitrogen and oxygen atoms in total. The molecule has 0 saturated heterocycles. The predicted octanol–water partition coefficient (Wildman–Crippen LogP) is 6.29. The summed E-state index contributed by atoms with van der Waals surface area (Å²) in [5.41, 5.74) is 2.86. The number of fused-ring (bicyclic) bond motifs is 1. The Morgan fingerprint density at radius 3 is 2.24 bits per heavy atom. The molecule has 0 aliphatic rings. The molecule has 34 heavy (non-hydrogen) atoms. The highest BCUT2D eigenvalue weighted by Gasteiger charge is 2.25. The zero-order chi connectivity index (χ0) is 24.1. The summed E-state index contributed by atoms with van der Waals surface area (Å²) in [5, 5.41) is 4.16. The first kappa shape index (κ1) is 23.7. The molecule has 0 atom stereocenters. The Kier molecular flexibility index (Phi) is 7.43. The zero-order valence-electron chi connectivity index (χ0n) is 19.9. The topological polar surface area (TPSA) is 40.6 Å². The molecule has 0 unspecified atom stereocenters. The van der Waals surface area contributed by atoms with Crippen molar-refractivity contribution in [2.75, 3.05) is 6.54 Å². The number of rotatable bonds is 8. The predicted molar refractivity (Wildman–Crippen MR) is 140 cm³/mol. The number of thiophene rings is 1. The van der Waals surface area contributed by atoms with Crippen LogP contribution >= 0.6 is 11.3 Å². The van der Waals surface area contributed by atoms with Crippen LogP contribution < -0.4 is 0 Å². The van der Waals surface area contributed by atoms with E-state index in [-0.39, 0.29) is 24.4 Å². The molecule has 4 rings (SSSR count). The van der Waals surface area contributed by atoms with Crippen molar-refractivity contribution >= 4 is 33.9 Å². The number of carbonyl (C=O) groups is 2. The molecular formula is C29H30N2O2S. The quantitative estimate of drug-likeness (QED) is 0.304. The minimum atomic E-state index is -0.124. The van der Waals surface area contributed by atoms with E-state index in [2.05, 4.69) is 18.4 Å². The first-order valence-corrected chi connectivity index (χ1v) is 12.4. The second-order valence-electron chi connectivity index (χ2n) is 8.85. The van der Waals surface area contributed by atoms with Gasteiger partial charge in [-0.05, 0) is 66.2 Å². The van der Waals surface area contributed by atoms with Gasteiger partial charge in [0.15, 0.2) is 0 Å². The van der Waals surface area contributed by atoms with Crippen LogP contribution in [0.4, 0.5) is 0 Å². The summed E-state index contributed by atoms with van der Waals surface area (Å²) < 4.78 is 0. The Morgan fingerprint density at radius 2 is 1.56 bits per heavy atom. The van der Waals surface area contributed by atoms with Gasteiger partial charge in [0.1, 0.15) is 6.54 Å². The maximum absolute atomic E-state index is 13.6. The van der Waals surface area contributed by atoms with Crippen molar-refractivity contribution < 1.29 is 9.59 Å². The van der Waals surface area contributed by atoms with E-state index in [1.165, 1.54) is 10.4 Å². The molecule has 5 heteroatoms. The number of nitrogens with zero attached hydrogens (tertiary/aromatic N) is 2. The summed E-state index contributed by atoms with van der Waals surface area (Å²) in [4.78, 5) is 31.8. The molecule has 0 bridgehead atoms. The maximum Gasteiger partial charge on any atom is 0.254 e. The molecule has 1 aromatic heterocycles. The fraction of sp³-hybridized carbons (Fsp3) is 0.241. The van der Waals surface area contributed by atoms with Crippen LogP contribution in [0.5, 0.6) is 0 Å². The van der Waals surface area contributed by atoms with Crippen molar-refractivity contribution in [2.45, 2.75) is 39.9 Å². The fourth-order valence-corrected chi connectivity index (χ4v) is 4.92. The van der Waals surface area contributed by atoms with E-state index >= 15 is 0 Å². The molecule has 0 fully saturated rings. The molecule has 0 N–H and O–H groups in total. The van der Waals surface area contributed by atoms with E-state index in [4.69, 9.17) is 0 Å². The molecule has 4 aromatic rings. The monoisotopic (exact) mass is 470 g/mol. The van der Waals surface area contributed by atoms with Crippen molar-refractivity contribution in [3.05, 3.63) is 106 Å². The number of hydrogen-bond acceptors (Lipinski definition) is 3. The third kappa shape index (κ3) is 5.54. The van der Waals surface area contributed by atoms with Gasteiger partial charge in [-0.25, -0.2) is 0 Å². The lowest BCUT2D eigenvalue weighted by Gasteiger charge is -2.30. The van der Waals surface area contributed by atoms with E-state index < -0.39 is 0 Å².